The van der Waals surface area contributed by atoms with Gasteiger partial charge in [0.05, 0.1) is 0 Å². The van der Waals surface area contributed by atoms with E-state index in [1.54, 1.807) is 37.2 Å². The summed E-state index contributed by atoms with van der Waals surface area (Å²) in [5, 5.41) is 7.86. The van der Waals surface area contributed by atoms with Crippen LogP contribution in [-0.2, 0) is 48.6 Å². The maximum absolute atomic E-state index is 12.2. The van der Waals surface area contributed by atoms with E-state index in [-0.39, 0.29) is 23.6 Å². The van der Waals surface area contributed by atoms with Gasteiger partial charge in [-0.15, -0.1) is 0 Å². The number of nitrogens with one attached hydrogen (secondary N) is 4. The molecule has 2 fully saturated rings. The number of urea groups is 1. The standard InChI is InChI=1S/C25H26N4O2.C16H19NO.C8H9N3.C7H6N4O/c30-22(9-8-18-4-1-2-5-18)15-19-6-3-7-20(14-19)16-28-25(31)29-17-21-10-12-26-24-23(21)11-13-27-24;17-12-15-7-3-6-14(10-15)11-16(18)9-8-13-4-1-2-5-13;9-5-6-1-3-10-8-7(6)2-4-11-8;12-7(10-3-1-8-5-10)11-4-2-9-6-11/h3,6-7,10-14,18H,1-2,4-5,15-17H2,(H,26,27)(H2,28,29,31);3,6-7,10,13H,1-2,4-5,11-12,17H2;1-4H,5,9H2,(H,10,11);1-6H. The average Bonchev–Trinajstić information content (AvgIpc) is 4.27. The predicted octanol–water partition coefficient (Wildman–Crippen LogP) is 7.94. The summed E-state index contributed by atoms with van der Waals surface area (Å²) in [5.74, 6) is 12.6. The molecule has 8 aromatic rings. The van der Waals surface area contributed by atoms with Gasteiger partial charge in [0, 0.05) is 111 Å². The van der Waals surface area contributed by atoms with Gasteiger partial charge >= 0.3 is 12.1 Å². The number of nitrogens with two attached hydrogens (primary N) is 2. The Labute approximate surface area is 418 Å². The van der Waals surface area contributed by atoms with E-state index in [4.69, 9.17) is 11.5 Å². The molecule has 8 N–H and O–H groups in total. The first-order valence-electron chi connectivity index (χ1n) is 24.2. The molecule has 10 rings (SSSR count). The molecule has 0 spiro atoms. The molecule has 2 aliphatic carbocycles. The second-order valence-electron chi connectivity index (χ2n) is 17.4. The smallest absolute Gasteiger partial charge is 0.338 e. The normalized spacial score (nSPS) is 12.9. The van der Waals surface area contributed by atoms with Gasteiger partial charge in [-0.3, -0.25) is 18.7 Å². The molecule has 0 radical (unpaired) electrons. The highest BCUT2D eigenvalue weighted by atomic mass is 16.2. The van der Waals surface area contributed by atoms with Crippen LogP contribution in [0.15, 0.2) is 135 Å². The summed E-state index contributed by atoms with van der Waals surface area (Å²) in [6.07, 6.45) is 26.5. The minimum absolute atomic E-state index is 0.0103. The van der Waals surface area contributed by atoms with E-state index in [1.807, 2.05) is 85.2 Å². The lowest BCUT2D eigenvalue weighted by Crippen LogP contribution is -2.34. The molecule has 0 atom stereocenters. The van der Waals surface area contributed by atoms with E-state index < -0.39 is 0 Å². The molecule has 16 heteroatoms. The summed E-state index contributed by atoms with van der Waals surface area (Å²) >= 11 is 0. The van der Waals surface area contributed by atoms with Crippen molar-refractivity contribution < 1.29 is 19.2 Å². The van der Waals surface area contributed by atoms with Crippen LogP contribution in [-0.4, -0.2) is 62.7 Å². The van der Waals surface area contributed by atoms with Crippen LogP contribution in [0.1, 0.15) is 84.7 Å². The quantitative estimate of drug-likeness (QED) is 0.0572. The van der Waals surface area contributed by atoms with Gasteiger partial charge in [0.15, 0.2) is 0 Å². The van der Waals surface area contributed by atoms with E-state index in [9.17, 15) is 19.2 Å². The van der Waals surface area contributed by atoms with Crippen LogP contribution in [0.2, 0.25) is 0 Å². The van der Waals surface area contributed by atoms with Crippen molar-refractivity contribution in [2.75, 3.05) is 0 Å². The third-order valence-corrected chi connectivity index (χ3v) is 12.2. The Morgan fingerprint density at radius 3 is 1.58 bits per heavy atom. The summed E-state index contributed by atoms with van der Waals surface area (Å²) in [7, 11) is 0. The first kappa shape index (κ1) is 51.4. The van der Waals surface area contributed by atoms with Gasteiger partial charge in [0.2, 0.25) is 11.6 Å². The fraction of sp³-hybridized carbons (Fsp3) is 0.286. The number of imidazole rings is 2. The van der Waals surface area contributed by atoms with Crippen molar-refractivity contribution in [1.82, 2.24) is 49.7 Å². The molecular formula is C56H60N12O4. The van der Waals surface area contributed by atoms with Gasteiger partial charge in [0.25, 0.3) is 0 Å². The molecule has 0 bridgehead atoms. The Morgan fingerprint density at radius 2 is 1.07 bits per heavy atom. The molecule has 0 aliphatic heterocycles. The molecule has 0 saturated heterocycles. The number of aromatic nitrogens is 8. The number of aromatic amines is 2. The van der Waals surface area contributed by atoms with Crippen LogP contribution in [0.4, 0.5) is 9.59 Å². The van der Waals surface area contributed by atoms with Gasteiger partial charge in [-0.1, -0.05) is 86.1 Å². The fourth-order valence-corrected chi connectivity index (χ4v) is 8.35. The number of rotatable bonds is 10. The topological polar surface area (TPSA) is 237 Å². The maximum atomic E-state index is 12.2. The molecule has 2 amide bonds. The highest BCUT2D eigenvalue weighted by Gasteiger charge is 2.14. The minimum atomic E-state index is -0.246. The fourth-order valence-electron chi connectivity index (χ4n) is 8.35. The maximum Gasteiger partial charge on any atom is 0.338 e. The van der Waals surface area contributed by atoms with Crippen molar-refractivity contribution in [2.45, 2.75) is 90.4 Å². The van der Waals surface area contributed by atoms with E-state index >= 15 is 0 Å². The van der Waals surface area contributed by atoms with Gasteiger partial charge in [-0.25, -0.2) is 29.5 Å². The lowest BCUT2D eigenvalue weighted by Gasteiger charge is -2.09. The van der Waals surface area contributed by atoms with Crippen molar-refractivity contribution in [1.29, 1.82) is 0 Å². The summed E-state index contributed by atoms with van der Waals surface area (Å²) < 4.78 is 2.75. The third kappa shape index (κ3) is 15.8. The number of ketones is 2. The molecule has 368 valence electrons. The second kappa shape index (κ2) is 27.1. The Morgan fingerprint density at radius 1 is 0.583 bits per heavy atom. The van der Waals surface area contributed by atoms with Crippen LogP contribution in [0.25, 0.3) is 22.1 Å². The van der Waals surface area contributed by atoms with Crippen molar-refractivity contribution in [3.05, 3.63) is 168 Å². The number of pyridine rings is 2. The third-order valence-electron chi connectivity index (χ3n) is 12.2. The summed E-state index contributed by atoms with van der Waals surface area (Å²) in [6, 6.07) is 22.9. The first-order chi connectivity index (χ1) is 35.2. The number of fused-ring (bicyclic) bond motifs is 2. The van der Waals surface area contributed by atoms with E-state index in [0.717, 1.165) is 81.1 Å². The number of nitrogens with zero attached hydrogens (tertiary/aromatic N) is 6. The van der Waals surface area contributed by atoms with E-state index in [1.165, 1.54) is 47.5 Å². The molecule has 0 unspecified atom stereocenters. The molecule has 6 aromatic heterocycles. The average molecular weight is 965 g/mol. The van der Waals surface area contributed by atoms with Gasteiger partial charge in [0.1, 0.15) is 23.9 Å². The Kier molecular flexibility index (Phi) is 19.3. The van der Waals surface area contributed by atoms with Gasteiger partial charge in [-0.2, -0.15) is 0 Å². The van der Waals surface area contributed by atoms with Crippen LogP contribution in [0.5, 0.6) is 0 Å². The van der Waals surface area contributed by atoms with Crippen molar-refractivity contribution in [3.8, 4) is 23.7 Å². The van der Waals surface area contributed by atoms with Gasteiger partial charge in [-0.05, 0) is 95.2 Å². The Bertz CT molecular complexity index is 3100. The monoisotopic (exact) mass is 964 g/mol. The number of H-pyrrole nitrogens is 2. The Hall–Kier alpha value is -8.44. The van der Waals surface area contributed by atoms with Crippen molar-refractivity contribution in [3.63, 3.8) is 0 Å². The largest absolute Gasteiger partial charge is 0.346 e. The molecule has 2 aromatic carbocycles. The van der Waals surface area contributed by atoms with Crippen LogP contribution >= 0.6 is 0 Å². The zero-order valence-corrected chi connectivity index (χ0v) is 40.2. The predicted molar refractivity (Wildman–Crippen MR) is 277 cm³/mol. The number of benzene rings is 2. The first-order valence-corrected chi connectivity index (χ1v) is 24.2. The highest BCUT2D eigenvalue weighted by molar-refractivity contribution is 5.97. The van der Waals surface area contributed by atoms with Crippen LogP contribution in [0, 0.1) is 35.5 Å². The summed E-state index contributed by atoms with van der Waals surface area (Å²) in [4.78, 5) is 69.6. The lowest BCUT2D eigenvalue weighted by atomic mass is 10.0. The van der Waals surface area contributed by atoms with Crippen molar-refractivity contribution >= 4 is 45.7 Å². The zero-order valence-electron chi connectivity index (χ0n) is 40.2. The minimum Gasteiger partial charge on any atom is -0.346 e. The summed E-state index contributed by atoms with van der Waals surface area (Å²) in [6.45, 7) is 1.88. The molecule has 2 aliphatic rings. The lowest BCUT2D eigenvalue weighted by molar-refractivity contribution is -0.114. The number of hydrogen-bond donors (Lipinski definition) is 6. The summed E-state index contributed by atoms with van der Waals surface area (Å²) in [5.41, 5.74) is 18.9. The van der Waals surface area contributed by atoms with Crippen molar-refractivity contribution in [2.24, 2.45) is 23.3 Å². The molecule has 16 nitrogen and oxygen atoms in total. The number of carbonyl (C=O) groups is 4. The molecular weight excluding hydrogens is 905 g/mol. The van der Waals surface area contributed by atoms with Crippen LogP contribution < -0.4 is 22.1 Å². The molecule has 72 heavy (non-hydrogen) atoms. The van der Waals surface area contributed by atoms with Crippen LogP contribution in [0.3, 0.4) is 0 Å². The van der Waals surface area contributed by atoms with Gasteiger partial charge < -0.3 is 32.1 Å². The zero-order chi connectivity index (χ0) is 50.3. The molecule has 6 heterocycles. The highest BCUT2D eigenvalue weighted by Crippen LogP contribution is 2.24. The number of Topliss-reactive ketones (excluding diaryl/α,β-unsaturated/α-hetero) is 2. The Balaban J connectivity index is 0.000000155. The van der Waals surface area contributed by atoms with E-state index in [0.29, 0.717) is 50.9 Å². The number of hydrogen-bond acceptors (Lipinski definition) is 10. The SMILES string of the molecule is NCc1cccc(CC(=O)C#CC2CCCC2)c1.NCc1ccnc2[nH]ccc12.O=C(C#CC1CCCC1)Cc1cccc(CNC(=O)NCc2ccnc3[nH]ccc23)c1.O=C(n1ccnc1)n1ccnc1. The molecule has 2 saturated carbocycles. The number of amides is 2. The van der Waals surface area contributed by atoms with E-state index in [2.05, 4.69) is 64.2 Å². The number of carbonyl (C=O) groups excluding carboxylic acids is 4. The second-order valence-corrected chi connectivity index (χ2v) is 17.4.